The Labute approximate surface area is 60.0 Å². The highest BCUT2D eigenvalue weighted by molar-refractivity contribution is 5.77. The maximum Gasteiger partial charge on any atom is 0.309 e. The quantitative estimate of drug-likeness (QED) is 0.637. The molecule has 1 aliphatic rings. The van der Waals surface area contributed by atoms with Crippen LogP contribution in [-0.4, -0.2) is 24.8 Å². The standard InChI is InChI=1S/C7H12O3/c1-10-5-4-7(2-3-7)6(8)9/h2-5H2,1H3,(H,8,9). The van der Waals surface area contributed by atoms with E-state index in [2.05, 4.69) is 0 Å². The summed E-state index contributed by atoms with van der Waals surface area (Å²) in [5.41, 5.74) is -0.407. The molecule has 1 saturated carbocycles. The summed E-state index contributed by atoms with van der Waals surface area (Å²) in [6, 6.07) is 0. The molecule has 0 aliphatic heterocycles. The van der Waals surface area contributed by atoms with E-state index < -0.39 is 11.4 Å². The number of ether oxygens (including phenoxy) is 1. The Morgan fingerprint density at radius 1 is 1.70 bits per heavy atom. The molecule has 0 unspecified atom stereocenters. The van der Waals surface area contributed by atoms with E-state index in [-0.39, 0.29) is 0 Å². The number of aliphatic carboxylic acids is 1. The molecule has 1 rings (SSSR count). The topological polar surface area (TPSA) is 46.5 Å². The van der Waals surface area contributed by atoms with Gasteiger partial charge >= 0.3 is 5.97 Å². The van der Waals surface area contributed by atoms with Gasteiger partial charge in [0.15, 0.2) is 0 Å². The fraction of sp³-hybridized carbons (Fsp3) is 0.857. The third kappa shape index (κ3) is 1.29. The summed E-state index contributed by atoms with van der Waals surface area (Å²) in [7, 11) is 1.60. The zero-order chi connectivity index (χ0) is 7.61. The van der Waals surface area contributed by atoms with E-state index in [1.54, 1.807) is 7.11 Å². The number of carbonyl (C=O) groups is 1. The maximum atomic E-state index is 10.5. The number of hydrogen-bond donors (Lipinski definition) is 1. The van der Waals surface area contributed by atoms with Crippen LogP contribution in [0.1, 0.15) is 19.3 Å². The van der Waals surface area contributed by atoms with Gasteiger partial charge in [-0.2, -0.15) is 0 Å². The highest BCUT2D eigenvalue weighted by atomic mass is 16.5. The summed E-state index contributed by atoms with van der Waals surface area (Å²) in [4.78, 5) is 10.5. The van der Waals surface area contributed by atoms with Crippen molar-refractivity contribution in [2.45, 2.75) is 19.3 Å². The van der Waals surface area contributed by atoms with E-state index in [0.717, 1.165) is 12.8 Å². The second kappa shape index (κ2) is 2.58. The van der Waals surface area contributed by atoms with E-state index in [4.69, 9.17) is 9.84 Å². The molecule has 3 nitrogen and oxygen atoms in total. The molecular weight excluding hydrogens is 132 g/mol. The van der Waals surface area contributed by atoms with Crippen LogP contribution in [0.3, 0.4) is 0 Å². The van der Waals surface area contributed by atoms with Gasteiger partial charge in [-0.1, -0.05) is 0 Å². The normalized spacial score (nSPS) is 20.5. The van der Waals surface area contributed by atoms with Crippen molar-refractivity contribution < 1.29 is 14.6 Å². The number of hydrogen-bond acceptors (Lipinski definition) is 2. The predicted octanol–water partition coefficient (Wildman–Crippen LogP) is 0.888. The summed E-state index contributed by atoms with van der Waals surface area (Å²) >= 11 is 0. The molecule has 1 aliphatic carbocycles. The van der Waals surface area contributed by atoms with Crippen molar-refractivity contribution in [1.82, 2.24) is 0 Å². The highest BCUT2D eigenvalue weighted by Crippen LogP contribution is 2.48. The van der Waals surface area contributed by atoms with Crippen molar-refractivity contribution in [3.63, 3.8) is 0 Å². The first-order chi connectivity index (χ1) is 4.71. The molecule has 0 radical (unpaired) electrons. The molecule has 0 aromatic heterocycles. The van der Waals surface area contributed by atoms with Crippen LogP contribution in [0.4, 0.5) is 0 Å². The minimum absolute atomic E-state index is 0.407. The van der Waals surface area contributed by atoms with Crippen molar-refractivity contribution >= 4 is 5.97 Å². The van der Waals surface area contributed by atoms with Gasteiger partial charge in [0.2, 0.25) is 0 Å². The van der Waals surface area contributed by atoms with E-state index in [0.29, 0.717) is 13.0 Å². The predicted molar refractivity (Wildman–Crippen MR) is 35.8 cm³/mol. The minimum atomic E-state index is -0.662. The van der Waals surface area contributed by atoms with Gasteiger partial charge in [-0.3, -0.25) is 4.79 Å². The minimum Gasteiger partial charge on any atom is -0.481 e. The molecule has 0 aromatic rings. The monoisotopic (exact) mass is 144 g/mol. The van der Waals surface area contributed by atoms with E-state index in [1.807, 2.05) is 0 Å². The molecule has 58 valence electrons. The van der Waals surface area contributed by atoms with Crippen molar-refractivity contribution in [3.8, 4) is 0 Å². The van der Waals surface area contributed by atoms with Crippen LogP contribution in [0.2, 0.25) is 0 Å². The molecule has 0 amide bonds. The Morgan fingerprint density at radius 2 is 2.30 bits per heavy atom. The molecule has 1 N–H and O–H groups in total. The fourth-order valence-corrected chi connectivity index (χ4v) is 1.02. The Hall–Kier alpha value is -0.570. The number of carboxylic acids is 1. The Kier molecular flexibility index (Phi) is 1.94. The lowest BCUT2D eigenvalue weighted by Gasteiger charge is -2.06. The van der Waals surface area contributed by atoms with Gasteiger partial charge < -0.3 is 9.84 Å². The van der Waals surface area contributed by atoms with Gasteiger partial charge in [0, 0.05) is 13.7 Å². The molecule has 10 heavy (non-hydrogen) atoms. The van der Waals surface area contributed by atoms with Gasteiger partial charge in [-0.05, 0) is 19.3 Å². The van der Waals surface area contributed by atoms with E-state index >= 15 is 0 Å². The van der Waals surface area contributed by atoms with Crippen molar-refractivity contribution in [2.75, 3.05) is 13.7 Å². The molecule has 3 heteroatoms. The van der Waals surface area contributed by atoms with Gasteiger partial charge in [0.25, 0.3) is 0 Å². The third-order valence-electron chi connectivity index (χ3n) is 2.09. The molecule has 1 fully saturated rings. The Balaban J connectivity index is 2.31. The van der Waals surface area contributed by atoms with Crippen molar-refractivity contribution in [2.24, 2.45) is 5.41 Å². The number of methoxy groups -OCH3 is 1. The summed E-state index contributed by atoms with van der Waals surface area (Å²) in [5.74, 6) is -0.662. The second-order valence-electron chi connectivity index (χ2n) is 2.83. The molecule has 0 saturated heterocycles. The van der Waals surface area contributed by atoms with Crippen molar-refractivity contribution in [1.29, 1.82) is 0 Å². The van der Waals surface area contributed by atoms with Crippen molar-refractivity contribution in [3.05, 3.63) is 0 Å². The van der Waals surface area contributed by atoms with Crippen LogP contribution in [0.25, 0.3) is 0 Å². The Bertz CT molecular complexity index is 138. The molecule has 0 bridgehead atoms. The van der Waals surface area contributed by atoms with Crippen LogP contribution >= 0.6 is 0 Å². The average Bonchev–Trinajstić information content (AvgIpc) is 2.64. The zero-order valence-corrected chi connectivity index (χ0v) is 6.09. The lowest BCUT2D eigenvalue weighted by Crippen LogP contribution is -2.16. The summed E-state index contributed by atoms with van der Waals surface area (Å²) in [6.07, 6.45) is 2.32. The average molecular weight is 144 g/mol. The molecule has 0 aromatic carbocycles. The lowest BCUT2D eigenvalue weighted by atomic mass is 10.0. The maximum absolute atomic E-state index is 10.5. The van der Waals surface area contributed by atoms with Gasteiger partial charge in [0.05, 0.1) is 5.41 Å². The van der Waals surface area contributed by atoms with Crippen LogP contribution < -0.4 is 0 Å². The number of carboxylic acid groups (broad SMARTS) is 1. The highest BCUT2D eigenvalue weighted by Gasteiger charge is 2.49. The van der Waals surface area contributed by atoms with Crippen LogP contribution in [0.5, 0.6) is 0 Å². The van der Waals surface area contributed by atoms with Crippen LogP contribution in [0, 0.1) is 5.41 Å². The second-order valence-corrected chi connectivity index (χ2v) is 2.83. The molecule has 0 spiro atoms. The summed E-state index contributed by atoms with van der Waals surface area (Å²) in [5, 5.41) is 8.67. The van der Waals surface area contributed by atoms with Gasteiger partial charge in [-0.15, -0.1) is 0 Å². The Morgan fingerprint density at radius 3 is 2.60 bits per heavy atom. The van der Waals surface area contributed by atoms with Gasteiger partial charge in [0.1, 0.15) is 0 Å². The first-order valence-corrected chi connectivity index (χ1v) is 3.44. The lowest BCUT2D eigenvalue weighted by molar-refractivity contribution is -0.144. The smallest absolute Gasteiger partial charge is 0.309 e. The largest absolute Gasteiger partial charge is 0.481 e. The third-order valence-corrected chi connectivity index (χ3v) is 2.09. The SMILES string of the molecule is COCCC1(C(=O)O)CC1. The first-order valence-electron chi connectivity index (χ1n) is 3.44. The number of rotatable bonds is 4. The van der Waals surface area contributed by atoms with Crippen LogP contribution in [-0.2, 0) is 9.53 Å². The molecular formula is C7H12O3. The fourth-order valence-electron chi connectivity index (χ4n) is 1.02. The summed E-state index contributed by atoms with van der Waals surface area (Å²) in [6.45, 7) is 0.562. The summed E-state index contributed by atoms with van der Waals surface area (Å²) < 4.78 is 4.80. The zero-order valence-electron chi connectivity index (χ0n) is 6.09. The van der Waals surface area contributed by atoms with Crippen LogP contribution in [0.15, 0.2) is 0 Å². The van der Waals surface area contributed by atoms with Gasteiger partial charge in [-0.25, -0.2) is 0 Å². The van der Waals surface area contributed by atoms with E-state index in [9.17, 15) is 4.79 Å². The molecule has 0 atom stereocenters. The van der Waals surface area contributed by atoms with E-state index in [1.165, 1.54) is 0 Å². The first kappa shape index (κ1) is 7.54. The molecule has 0 heterocycles.